The van der Waals surface area contributed by atoms with E-state index in [2.05, 4.69) is 11.4 Å². The number of nitrogens with zero attached hydrogens (tertiary/aromatic N) is 1. The van der Waals surface area contributed by atoms with Gasteiger partial charge in [0.1, 0.15) is 5.60 Å². The molecule has 0 bridgehead atoms. The van der Waals surface area contributed by atoms with Crippen LogP contribution in [0.3, 0.4) is 0 Å². The zero-order valence-corrected chi connectivity index (χ0v) is 13.9. The van der Waals surface area contributed by atoms with Crippen molar-refractivity contribution in [2.45, 2.75) is 66.0 Å². The fourth-order valence-corrected chi connectivity index (χ4v) is 2.56. The van der Waals surface area contributed by atoms with Crippen LogP contribution in [0.2, 0.25) is 0 Å². The standard InChI is InChI=1S/C17H26N2O2/c1-7-13-14(12(3)11(2)10-18)8-9-15(13)19-16(20)21-17(4,5)6/h7,11,15H,8-9H2,1-6H3,(H,19,20)/b13-7+,14-12-. The highest BCUT2D eigenvalue weighted by molar-refractivity contribution is 5.69. The SMILES string of the molecule is C/C=C1\C(=C(\C)C(C)C#N)CCC1NC(=O)OC(C)(C)C. The molecule has 116 valence electrons. The fourth-order valence-electron chi connectivity index (χ4n) is 2.56. The Bertz CT molecular complexity index is 504. The molecule has 0 saturated heterocycles. The molecule has 0 aromatic rings. The quantitative estimate of drug-likeness (QED) is 0.833. The number of carbonyl (C=O) groups is 1. The molecule has 0 heterocycles. The van der Waals surface area contributed by atoms with E-state index in [9.17, 15) is 4.79 Å². The zero-order valence-electron chi connectivity index (χ0n) is 13.9. The Morgan fingerprint density at radius 2 is 2.14 bits per heavy atom. The van der Waals surface area contributed by atoms with Gasteiger partial charge in [0.05, 0.1) is 18.0 Å². The Kier molecular flexibility index (Phi) is 5.60. The first-order valence-electron chi connectivity index (χ1n) is 7.45. The lowest BCUT2D eigenvalue weighted by Gasteiger charge is -2.22. The van der Waals surface area contributed by atoms with Gasteiger partial charge in [0.15, 0.2) is 0 Å². The Morgan fingerprint density at radius 1 is 1.52 bits per heavy atom. The van der Waals surface area contributed by atoms with Crippen LogP contribution in [0.25, 0.3) is 0 Å². The summed E-state index contributed by atoms with van der Waals surface area (Å²) in [5, 5.41) is 12.0. The third-order valence-electron chi connectivity index (χ3n) is 3.73. The van der Waals surface area contributed by atoms with Crippen molar-refractivity contribution in [3.05, 3.63) is 22.8 Å². The number of alkyl carbamates (subject to hydrolysis) is 1. The van der Waals surface area contributed by atoms with Gasteiger partial charge in [-0.25, -0.2) is 4.79 Å². The predicted molar refractivity (Wildman–Crippen MR) is 83.6 cm³/mol. The van der Waals surface area contributed by atoms with Crippen molar-refractivity contribution in [2.24, 2.45) is 5.92 Å². The largest absolute Gasteiger partial charge is 0.444 e. The summed E-state index contributed by atoms with van der Waals surface area (Å²) in [6, 6.07) is 2.25. The molecule has 1 fully saturated rings. The molecule has 0 aromatic heterocycles. The van der Waals surface area contributed by atoms with E-state index >= 15 is 0 Å². The van der Waals surface area contributed by atoms with Crippen LogP contribution >= 0.6 is 0 Å². The van der Waals surface area contributed by atoms with E-state index in [1.54, 1.807) is 0 Å². The lowest BCUT2D eigenvalue weighted by Crippen LogP contribution is -2.38. The number of hydrogen-bond acceptors (Lipinski definition) is 3. The van der Waals surface area contributed by atoms with Crippen LogP contribution in [0, 0.1) is 17.2 Å². The van der Waals surface area contributed by atoms with Crippen molar-refractivity contribution in [2.75, 3.05) is 0 Å². The van der Waals surface area contributed by atoms with Crippen LogP contribution in [0.15, 0.2) is 22.8 Å². The van der Waals surface area contributed by atoms with Gasteiger partial charge >= 0.3 is 6.09 Å². The Balaban J connectivity index is 2.86. The smallest absolute Gasteiger partial charge is 0.408 e. The molecule has 0 aromatic carbocycles. The number of ether oxygens (including phenoxy) is 1. The van der Waals surface area contributed by atoms with Gasteiger partial charge in [-0.05, 0) is 65.5 Å². The average molecular weight is 290 g/mol. The lowest BCUT2D eigenvalue weighted by atomic mass is 9.94. The van der Waals surface area contributed by atoms with E-state index in [1.165, 1.54) is 5.57 Å². The van der Waals surface area contributed by atoms with Crippen LogP contribution in [0.1, 0.15) is 54.4 Å². The van der Waals surface area contributed by atoms with E-state index in [0.29, 0.717) is 0 Å². The first-order chi connectivity index (χ1) is 9.69. The predicted octanol–water partition coefficient (Wildman–Crippen LogP) is 4.10. The molecule has 1 aliphatic carbocycles. The van der Waals surface area contributed by atoms with E-state index in [-0.39, 0.29) is 18.1 Å². The van der Waals surface area contributed by atoms with Gasteiger partial charge < -0.3 is 10.1 Å². The van der Waals surface area contributed by atoms with Crippen LogP contribution in [-0.4, -0.2) is 17.7 Å². The molecule has 4 heteroatoms. The Labute approximate surface area is 127 Å². The van der Waals surface area contributed by atoms with E-state index < -0.39 is 5.60 Å². The van der Waals surface area contributed by atoms with E-state index in [4.69, 9.17) is 10.00 Å². The van der Waals surface area contributed by atoms with Gasteiger partial charge in [-0.15, -0.1) is 0 Å². The van der Waals surface area contributed by atoms with Crippen molar-refractivity contribution < 1.29 is 9.53 Å². The molecule has 21 heavy (non-hydrogen) atoms. The highest BCUT2D eigenvalue weighted by Gasteiger charge is 2.29. The number of allylic oxidation sites excluding steroid dienone is 2. The topological polar surface area (TPSA) is 62.1 Å². The van der Waals surface area contributed by atoms with E-state index in [0.717, 1.165) is 24.0 Å². The molecule has 1 aliphatic rings. The first-order valence-corrected chi connectivity index (χ1v) is 7.45. The second-order valence-electron chi connectivity index (χ2n) is 6.49. The summed E-state index contributed by atoms with van der Waals surface area (Å²) in [7, 11) is 0. The fraction of sp³-hybridized carbons (Fsp3) is 0.647. The Hall–Kier alpha value is -1.76. The maximum atomic E-state index is 11.9. The molecule has 2 atom stereocenters. The second kappa shape index (κ2) is 6.80. The van der Waals surface area contributed by atoms with Gasteiger partial charge in [0.25, 0.3) is 0 Å². The molecular formula is C17H26N2O2. The van der Waals surface area contributed by atoms with Crippen molar-refractivity contribution in [1.82, 2.24) is 5.32 Å². The summed E-state index contributed by atoms with van der Waals surface area (Å²) in [6.07, 6.45) is 3.37. The summed E-state index contributed by atoms with van der Waals surface area (Å²) in [6.45, 7) is 11.4. The average Bonchev–Trinajstić information content (AvgIpc) is 2.77. The van der Waals surface area contributed by atoms with Gasteiger partial charge in [-0.1, -0.05) is 11.6 Å². The van der Waals surface area contributed by atoms with Crippen LogP contribution in [0.5, 0.6) is 0 Å². The lowest BCUT2D eigenvalue weighted by molar-refractivity contribution is 0.0513. The van der Waals surface area contributed by atoms with Gasteiger partial charge in [0, 0.05) is 0 Å². The van der Waals surface area contributed by atoms with Gasteiger partial charge in [-0.2, -0.15) is 5.26 Å². The molecule has 1 saturated carbocycles. The van der Waals surface area contributed by atoms with E-state index in [1.807, 2.05) is 47.6 Å². The maximum absolute atomic E-state index is 11.9. The molecule has 2 unspecified atom stereocenters. The molecule has 1 N–H and O–H groups in total. The number of nitrogens with one attached hydrogen (secondary N) is 1. The van der Waals surface area contributed by atoms with Gasteiger partial charge in [0.2, 0.25) is 0 Å². The highest BCUT2D eigenvalue weighted by atomic mass is 16.6. The van der Waals surface area contributed by atoms with Gasteiger partial charge in [-0.3, -0.25) is 0 Å². The second-order valence-corrected chi connectivity index (χ2v) is 6.49. The highest BCUT2D eigenvalue weighted by Crippen LogP contribution is 2.35. The monoisotopic (exact) mass is 290 g/mol. The molecular weight excluding hydrogens is 264 g/mol. The summed E-state index contributed by atoms with van der Waals surface area (Å²) >= 11 is 0. The number of nitriles is 1. The van der Waals surface area contributed by atoms with Crippen molar-refractivity contribution in [3.63, 3.8) is 0 Å². The molecule has 0 aliphatic heterocycles. The maximum Gasteiger partial charge on any atom is 0.408 e. The van der Waals surface area contributed by atoms with Crippen molar-refractivity contribution >= 4 is 6.09 Å². The molecule has 0 radical (unpaired) electrons. The first kappa shape index (κ1) is 17.3. The summed E-state index contributed by atoms with van der Waals surface area (Å²) in [5.41, 5.74) is 2.91. The normalized spacial score (nSPS) is 24.4. The number of amides is 1. The molecule has 0 spiro atoms. The number of rotatable bonds is 2. The summed E-state index contributed by atoms with van der Waals surface area (Å²) in [5.74, 6) is -0.102. The van der Waals surface area contributed by atoms with Crippen LogP contribution in [-0.2, 0) is 4.74 Å². The summed E-state index contributed by atoms with van der Waals surface area (Å²) < 4.78 is 5.31. The minimum absolute atomic E-state index is 0.0271. The minimum atomic E-state index is -0.497. The third-order valence-corrected chi connectivity index (χ3v) is 3.73. The van der Waals surface area contributed by atoms with Crippen LogP contribution < -0.4 is 5.32 Å². The van der Waals surface area contributed by atoms with Crippen LogP contribution in [0.4, 0.5) is 4.79 Å². The summed E-state index contributed by atoms with van der Waals surface area (Å²) in [4.78, 5) is 11.9. The molecule has 1 amide bonds. The zero-order chi connectivity index (χ0) is 16.2. The number of hydrogen-bond donors (Lipinski definition) is 1. The van der Waals surface area contributed by atoms with Crippen molar-refractivity contribution in [3.8, 4) is 6.07 Å². The van der Waals surface area contributed by atoms with Crippen molar-refractivity contribution in [1.29, 1.82) is 5.26 Å². The minimum Gasteiger partial charge on any atom is -0.444 e. The molecule has 4 nitrogen and oxygen atoms in total. The Morgan fingerprint density at radius 3 is 2.62 bits per heavy atom. The third kappa shape index (κ3) is 4.63. The number of carbonyl (C=O) groups excluding carboxylic acids is 1. The molecule has 1 rings (SSSR count).